The summed E-state index contributed by atoms with van der Waals surface area (Å²) in [4.78, 5) is 11.1. The van der Waals surface area contributed by atoms with Crippen LogP contribution in [0, 0.1) is 0 Å². The summed E-state index contributed by atoms with van der Waals surface area (Å²) in [7, 11) is 0. The highest BCUT2D eigenvalue weighted by Gasteiger charge is 2.38. The molecular weight excluding hydrogens is 487 g/mol. The molecule has 2 atom stereocenters. The van der Waals surface area contributed by atoms with Crippen LogP contribution in [-0.2, 0) is 15.1 Å². The van der Waals surface area contributed by atoms with Crippen molar-refractivity contribution in [3.05, 3.63) is 48.4 Å². The number of anilines is 1. The number of aliphatic hydroxyl groups excluding tert-OH is 1. The van der Waals surface area contributed by atoms with Crippen molar-refractivity contribution in [3.8, 4) is 11.3 Å². The summed E-state index contributed by atoms with van der Waals surface area (Å²) < 4.78 is 28.6. The minimum Gasteiger partial charge on any atom is -0.376 e. The van der Waals surface area contributed by atoms with Gasteiger partial charge in [0.1, 0.15) is 11.8 Å². The van der Waals surface area contributed by atoms with E-state index in [9.17, 15) is 5.11 Å². The van der Waals surface area contributed by atoms with Gasteiger partial charge in [-0.2, -0.15) is 5.10 Å². The first-order chi connectivity index (χ1) is 18.4. The molecule has 0 amide bonds. The lowest BCUT2D eigenvalue weighted by Gasteiger charge is -2.39. The number of piperidine rings is 1. The van der Waals surface area contributed by atoms with Crippen molar-refractivity contribution in [1.29, 1.82) is 0 Å². The normalized spacial score (nSPS) is 24.7. The summed E-state index contributed by atoms with van der Waals surface area (Å²) in [6, 6.07) is 8.27. The minimum absolute atomic E-state index is 0.0162. The van der Waals surface area contributed by atoms with E-state index in [0.29, 0.717) is 50.9 Å². The van der Waals surface area contributed by atoms with E-state index >= 15 is 4.39 Å². The molecule has 10 heteroatoms. The second kappa shape index (κ2) is 10.5. The van der Waals surface area contributed by atoms with Crippen LogP contribution in [0.3, 0.4) is 0 Å². The number of aromatic nitrogens is 3. The number of piperazine rings is 1. The lowest BCUT2D eigenvalue weighted by atomic mass is 9.87. The third-order valence-electron chi connectivity index (χ3n) is 8.15. The van der Waals surface area contributed by atoms with Gasteiger partial charge in [-0.1, -0.05) is 6.07 Å². The Morgan fingerprint density at radius 3 is 2.61 bits per heavy atom. The first kappa shape index (κ1) is 25.6. The average molecular weight is 525 g/mol. The van der Waals surface area contributed by atoms with Crippen LogP contribution in [0.4, 0.5) is 10.1 Å². The van der Waals surface area contributed by atoms with Crippen LogP contribution in [0.5, 0.6) is 0 Å². The maximum Gasteiger partial charge on any atom is 0.216 e. The van der Waals surface area contributed by atoms with E-state index in [1.165, 1.54) is 0 Å². The Bertz CT molecular complexity index is 1240. The molecule has 0 saturated carbocycles. The summed E-state index contributed by atoms with van der Waals surface area (Å²) in [6.45, 7) is 9.62. The van der Waals surface area contributed by atoms with Crippen molar-refractivity contribution >= 4 is 11.2 Å². The van der Waals surface area contributed by atoms with Crippen LogP contribution >= 0.6 is 0 Å². The van der Waals surface area contributed by atoms with E-state index in [-0.39, 0.29) is 6.10 Å². The number of ether oxygens (including phenoxy) is 2. The highest BCUT2D eigenvalue weighted by Crippen LogP contribution is 2.37. The first-order valence-electron chi connectivity index (χ1n) is 13.7. The molecule has 6 heterocycles. The van der Waals surface area contributed by atoms with Gasteiger partial charge >= 0.3 is 0 Å². The Morgan fingerprint density at radius 2 is 1.92 bits per heavy atom. The fourth-order valence-corrected chi connectivity index (χ4v) is 5.69. The Kier molecular flexibility index (Phi) is 7.09. The van der Waals surface area contributed by atoms with E-state index in [2.05, 4.69) is 39.8 Å². The standard InChI is InChI=1S/C28H37FN6O3/c1-20(2)34-9-3-7-28(29,19-34)22-4-5-24(30-15-22)21-14-26-25(6-8-31-35(26)16-21)32-10-12-33(13-11-32)27(36)38-23-17-37-18-23/h4-6,8,14-16,20,23,27,36H,3,7,9-13,17-19H2,1-2H3/t27?,28-/m0/s1. The number of aliphatic hydroxyl groups is 1. The molecule has 3 saturated heterocycles. The molecule has 6 rings (SSSR count). The summed E-state index contributed by atoms with van der Waals surface area (Å²) in [5, 5.41) is 14.9. The van der Waals surface area contributed by atoms with Gasteiger partial charge < -0.3 is 19.5 Å². The van der Waals surface area contributed by atoms with Crippen LogP contribution in [0.25, 0.3) is 16.8 Å². The Hall–Kier alpha value is -2.63. The SMILES string of the molecule is CC(C)N1CCC[C@@](F)(c2ccc(-c3cc4c(N5CCN(C(O)OC6COC6)CC5)ccnn4c3)nc2)C1. The van der Waals surface area contributed by atoms with Gasteiger partial charge in [0.05, 0.1) is 30.1 Å². The zero-order valence-corrected chi connectivity index (χ0v) is 22.2. The number of fused-ring (bicyclic) bond motifs is 1. The predicted molar refractivity (Wildman–Crippen MR) is 143 cm³/mol. The molecular formula is C28H37FN6O3. The number of hydrogen-bond acceptors (Lipinski definition) is 8. The largest absolute Gasteiger partial charge is 0.376 e. The number of nitrogens with zero attached hydrogens (tertiary/aromatic N) is 6. The van der Waals surface area contributed by atoms with Crippen molar-refractivity contribution in [2.45, 2.75) is 50.9 Å². The Balaban J connectivity index is 1.16. The summed E-state index contributed by atoms with van der Waals surface area (Å²) in [6.07, 6.45) is 5.96. The third-order valence-corrected chi connectivity index (χ3v) is 8.15. The summed E-state index contributed by atoms with van der Waals surface area (Å²) in [5.74, 6) is 0. The third kappa shape index (κ3) is 5.03. The van der Waals surface area contributed by atoms with Gasteiger partial charge in [0.15, 0.2) is 0 Å². The van der Waals surface area contributed by atoms with Crippen LogP contribution in [0.15, 0.2) is 42.9 Å². The van der Waals surface area contributed by atoms with Crippen LogP contribution in [-0.4, -0.2) is 101 Å². The molecule has 0 aliphatic carbocycles. The quantitative estimate of drug-likeness (QED) is 0.473. The van der Waals surface area contributed by atoms with Gasteiger partial charge in [0.2, 0.25) is 6.41 Å². The molecule has 3 aromatic rings. The molecule has 3 aliphatic rings. The van der Waals surface area contributed by atoms with Crippen LogP contribution in [0.2, 0.25) is 0 Å². The highest BCUT2D eigenvalue weighted by molar-refractivity contribution is 5.79. The fraction of sp³-hybridized carbons (Fsp3) is 0.571. The number of likely N-dealkylation sites (tertiary alicyclic amines) is 1. The second-order valence-corrected chi connectivity index (χ2v) is 11.0. The van der Waals surface area contributed by atoms with Gasteiger partial charge in [0.25, 0.3) is 0 Å². The number of hydrogen-bond donors (Lipinski definition) is 1. The van der Waals surface area contributed by atoms with Crippen LogP contribution < -0.4 is 4.90 Å². The molecule has 1 unspecified atom stereocenters. The minimum atomic E-state index is -1.36. The molecule has 9 nitrogen and oxygen atoms in total. The molecule has 3 fully saturated rings. The van der Waals surface area contributed by atoms with E-state index in [0.717, 1.165) is 48.5 Å². The monoisotopic (exact) mass is 524 g/mol. The van der Waals surface area contributed by atoms with Crippen LogP contribution in [0.1, 0.15) is 32.3 Å². The molecule has 3 aliphatic heterocycles. The molecule has 204 valence electrons. The highest BCUT2D eigenvalue weighted by atomic mass is 19.1. The van der Waals surface area contributed by atoms with E-state index in [4.69, 9.17) is 9.47 Å². The summed E-state index contributed by atoms with van der Waals surface area (Å²) >= 11 is 0. The molecule has 1 N–H and O–H groups in total. The smallest absolute Gasteiger partial charge is 0.216 e. The number of alkyl halides is 1. The molecule has 0 radical (unpaired) electrons. The van der Waals surface area contributed by atoms with Crippen molar-refractivity contribution in [2.24, 2.45) is 0 Å². The molecule has 3 aromatic heterocycles. The first-order valence-corrected chi connectivity index (χ1v) is 13.7. The van der Waals surface area contributed by atoms with Crippen molar-refractivity contribution in [3.63, 3.8) is 0 Å². The molecule has 0 bridgehead atoms. The zero-order valence-electron chi connectivity index (χ0n) is 22.2. The van der Waals surface area contributed by atoms with Gasteiger partial charge in [-0.25, -0.2) is 8.91 Å². The maximum absolute atomic E-state index is 15.9. The average Bonchev–Trinajstić information content (AvgIpc) is 3.35. The van der Waals surface area contributed by atoms with E-state index in [1.807, 2.05) is 33.8 Å². The lowest BCUT2D eigenvalue weighted by Crippen LogP contribution is -2.53. The number of halogens is 1. The predicted octanol–water partition coefficient (Wildman–Crippen LogP) is 2.88. The number of rotatable bonds is 7. The zero-order chi connectivity index (χ0) is 26.3. The van der Waals surface area contributed by atoms with Gasteiger partial charge in [0, 0.05) is 68.5 Å². The van der Waals surface area contributed by atoms with Crippen molar-refractivity contribution in [2.75, 3.05) is 57.4 Å². The van der Waals surface area contributed by atoms with Gasteiger partial charge in [-0.3, -0.25) is 14.8 Å². The van der Waals surface area contributed by atoms with Gasteiger partial charge in [-0.05, 0) is 51.4 Å². The maximum atomic E-state index is 15.9. The Morgan fingerprint density at radius 1 is 1.11 bits per heavy atom. The number of pyridine rings is 1. The Labute approximate surface area is 222 Å². The van der Waals surface area contributed by atoms with E-state index < -0.39 is 12.1 Å². The summed E-state index contributed by atoms with van der Waals surface area (Å²) in [5.41, 5.74) is 3.12. The molecule has 38 heavy (non-hydrogen) atoms. The molecule has 0 aromatic carbocycles. The molecule has 0 spiro atoms. The van der Waals surface area contributed by atoms with Crippen molar-refractivity contribution < 1.29 is 19.0 Å². The van der Waals surface area contributed by atoms with Gasteiger partial charge in [-0.15, -0.1) is 0 Å². The topological polar surface area (TPSA) is 78.6 Å². The second-order valence-electron chi connectivity index (χ2n) is 11.0. The van der Waals surface area contributed by atoms with E-state index in [1.54, 1.807) is 12.4 Å². The van der Waals surface area contributed by atoms with Crippen molar-refractivity contribution in [1.82, 2.24) is 24.4 Å². The lowest BCUT2D eigenvalue weighted by molar-refractivity contribution is -0.262. The fourth-order valence-electron chi connectivity index (χ4n) is 5.69.